The molecule has 0 radical (unpaired) electrons. The summed E-state index contributed by atoms with van der Waals surface area (Å²) in [6.45, 7) is 4.71. The zero-order valence-corrected chi connectivity index (χ0v) is 12.2. The van der Waals surface area contributed by atoms with Gasteiger partial charge in [-0.25, -0.2) is 0 Å². The van der Waals surface area contributed by atoms with Gasteiger partial charge in [-0.15, -0.1) is 0 Å². The molecular formula is C13H18BrNS. The standard InChI is InChI=1S/C13H18BrNS/c1-13(2)7-10(8-16-9-13)15-12-6-4-3-5-11(12)14/h3-6,10,15H,7-9H2,1-2H3. The second kappa shape index (κ2) is 5.01. The molecule has 1 saturated heterocycles. The monoisotopic (exact) mass is 299 g/mol. The third-order valence-corrected chi connectivity index (χ3v) is 5.16. The Morgan fingerprint density at radius 1 is 1.38 bits per heavy atom. The van der Waals surface area contributed by atoms with Crippen molar-refractivity contribution in [1.82, 2.24) is 0 Å². The van der Waals surface area contributed by atoms with E-state index in [1.807, 2.05) is 0 Å². The topological polar surface area (TPSA) is 12.0 Å². The predicted molar refractivity (Wildman–Crippen MR) is 77.3 cm³/mol. The minimum atomic E-state index is 0.460. The highest BCUT2D eigenvalue weighted by Crippen LogP contribution is 2.35. The lowest BCUT2D eigenvalue weighted by Crippen LogP contribution is -2.35. The molecule has 3 heteroatoms. The fourth-order valence-corrected chi connectivity index (χ4v) is 3.83. The molecule has 1 unspecified atom stereocenters. The van der Waals surface area contributed by atoms with Gasteiger partial charge in [-0.3, -0.25) is 0 Å². The maximum atomic E-state index is 3.64. The van der Waals surface area contributed by atoms with Crippen LogP contribution < -0.4 is 5.32 Å². The van der Waals surface area contributed by atoms with Gasteiger partial charge in [0.05, 0.1) is 0 Å². The number of benzene rings is 1. The van der Waals surface area contributed by atoms with Crippen LogP contribution in [0.15, 0.2) is 28.7 Å². The van der Waals surface area contributed by atoms with Crippen LogP contribution in [-0.2, 0) is 0 Å². The zero-order chi connectivity index (χ0) is 11.6. The molecule has 88 valence electrons. The summed E-state index contributed by atoms with van der Waals surface area (Å²) >= 11 is 5.64. The molecule has 2 rings (SSSR count). The van der Waals surface area contributed by atoms with E-state index in [0.717, 1.165) is 4.47 Å². The summed E-state index contributed by atoms with van der Waals surface area (Å²) in [6.07, 6.45) is 1.25. The fourth-order valence-electron chi connectivity index (χ4n) is 2.15. The Balaban J connectivity index is 2.02. The minimum absolute atomic E-state index is 0.460. The fraction of sp³-hybridized carbons (Fsp3) is 0.538. The molecule has 1 atom stereocenters. The van der Waals surface area contributed by atoms with E-state index in [2.05, 4.69) is 71.1 Å². The van der Waals surface area contributed by atoms with Crippen LogP contribution in [-0.4, -0.2) is 17.5 Å². The van der Waals surface area contributed by atoms with E-state index >= 15 is 0 Å². The second-order valence-corrected chi connectivity index (χ2v) is 7.09. The van der Waals surface area contributed by atoms with E-state index in [9.17, 15) is 0 Å². The average molecular weight is 300 g/mol. The first kappa shape index (κ1) is 12.3. The van der Waals surface area contributed by atoms with Gasteiger partial charge in [0.1, 0.15) is 0 Å². The molecule has 0 amide bonds. The number of rotatable bonds is 2. The van der Waals surface area contributed by atoms with Gasteiger partial charge in [0, 0.05) is 22.0 Å². The summed E-state index contributed by atoms with van der Waals surface area (Å²) in [5.41, 5.74) is 1.67. The van der Waals surface area contributed by atoms with Crippen LogP contribution in [0, 0.1) is 5.41 Å². The van der Waals surface area contributed by atoms with Crippen LogP contribution >= 0.6 is 27.7 Å². The van der Waals surface area contributed by atoms with Crippen LogP contribution in [0.2, 0.25) is 0 Å². The van der Waals surface area contributed by atoms with Gasteiger partial charge < -0.3 is 5.32 Å². The smallest absolute Gasteiger partial charge is 0.0487 e. The molecule has 1 aromatic rings. The highest BCUT2D eigenvalue weighted by Gasteiger charge is 2.28. The molecule has 0 spiro atoms. The first-order valence-corrected chi connectivity index (χ1v) is 7.60. The van der Waals surface area contributed by atoms with Crippen molar-refractivity contribution in [2.24, 2.45) is 5.41 Å². The van der Waals surface area contributed by atoms with Gasteiger partial charge in [0.15, 0.2) is 0 Å². The SMILES string of the molecule is CC1(C)CSCC(Nc2ccccc2Br)C1. The first-order chi connectivity index (χ1) is 7.57. The number of anilines is 1. The maximum absolute atomic E-state index is 3.64. The van der Waals surface area contributed by atoms with E-state index in [-0.39, 0.29) is 0 Å². The molecule has 1 N–H and O–H groups in total. The number of hydrogen-bond acceptors (Lipinski definition) is 2. The Hall–Kier alpha value is -0.150. The highest BCUT2D eigenvalue weighted by atomic mass is 79.9. The normalized spacial score (nSPS) is 24.1. The van der Waals surface area contributed by atoms with E-state index < -0.39 is 0 Å². The van der Waals surface area contributed by atoms with Crippen molar-refractivity contribution in [2.45, 2.75) is 26.3 Å². The van der Waals surface area contributed by atoms with Gasteiger partial charge in [-0.2, -0.15) is 11.8 Å². The van der Waals surface area contributed by atoms with E-state index in [0.29, 0.717) is 11.5 Å². The van der Waals surface area contributed by atoms with Crippen molar-refractivity contribution >= 4 is 33.4 Å². The van der Waals surface area contributed by atoms with Crippen LogP contribution in [0.5, 0.6) is 0 Å². The van der Waals surface area contributed by atoms with E-state index in [4.69, 9.17) is 0 Å². The van der Waals surface area contributed by atoms with E-state index in [1.165, 1.54) is 23.6 Å². The molecule has 1 aliphatic heterocycles. The van der Waals surface area contributed by atoms with Crippen molar-refractivity contribution in [2.75, 3.05) is 16.8 Å². The number of nitrogens with one attached hydrogen (secondary N) is 1. The minimum Gasteiger partial charge on any atom is -0.381 e. The summed E-state index contributed by atoms with van der Waals surface area (Å²) in [7, 11) is 0. The lowest BCUT2D eigenvalue weighted by Gasteiger charge is -2.35. The van der Waals surface area contributed by atoms with Crippen molar-refractivity contribution in [3.63, 3.8) is 0 Å². The van der Waals surface area contributed by atoms with Gasteiger partial charge in [0.2, 0.25) is 0 Å². The third kappa shape index (κ3) is 3.17. The zero-order valence-electron chi connectivity index (χ0n) is 9.79. The van der Waals surface area contributed by atoms with Gasteiger partial charge in [0.25, 0.3) is 0 Å². The number of halogens is 1. The Morgan fingerprint density at radius 3 is 2.81 bits per heavy atom. The van der Waals surface area contributed by atoms with Gasteiger partial charge >= 0.3 is 0 Å². The Kier molecular flexibility index (Phi) is 3.85. The average Bonchev–Trinajstić information content (AvgIpc) is 2.20. The Labute approximate surface area is 111 Å². The lowest BCUT2D eigenvalue weighted by atomic mass is 9.88. The highest BCUT2D eigenvalue weighted by molar-refractivity contribution is 9.10. The number of thioether (sulfide) groups is 1. The first-order valence-electron chi connectivity index (χ1n) is 5.66. The summed E-state index contributed by atoms with van der Waals surface area (Å²) in [6, 6.07) is 8.94. The molecule has 1 aromatic carbocycles. The summed E-state index contributed by atoms with van der Waals surface area (Å²) in [4.78, 5) is 0. The largest absolute Gasteiger partial charge is 0.381 e. The second-order valence-electron chi connectivity index (χ2n) is 5.20. The van der Waals surface area contributed by atoms with Crippen molar-refractivity contribution in [3.05, 3.63) is 28.7 Å². The van der Waals surface area contributed by atoms with Crippen molar-refractivity contribution in [3.8, 4) is 0 Å². The van der Waals surface area contributed by atoms with Crippen molar-refractivity contribution < 1.29 is 0 Å². The molecule has 1 aliphatic rings. The molecular weight excluding hydrogens is 282 g/mol. The van der Waals surface area contributed by atoms with Crippen LogP contribution in [0.1, 0.15) is 20.3 Å². The van der Waals surface area contributed by atoms with Crippen LogP contribution in [0.25, 0.3) is 0 Å². The molecule has 0 aliphatic carbocycles. The number of para-hydroxylation sites is 1. The lowest BCUT2D eigenvalue weighted by molar-refractivity contribution is 0.358. The van der Waals surface area contributed by atoms with Crippen LogP contribution in [0.3, 0.4) is 0 Å². The molecule has 0 bridgehead atoms. The van der Waals surface area contributed by atoms with Crippen LogP contribution in [0.4, 0.5) is 5.69 Å². The molecule has 16 heavy (non-hydrogen) atoms. The summed E-state index contributed by atoms with van der Waals surface area (Å²) in [5, 5.41) is 3.64. The molecule has 1 heterocycles. The van der Waals surface area contributed by atoms with Gasteiger partial charge in [-0.05, 0) is 45.7 Å². The maximum Gasteiger partial charge on any atom is 0.0487 e. The predicted octanol–water partition coefficient (Wildman–Crippen LogP) is 4.39. The molecule has 0 saturated carbocycles. The summed E-state index contributed by atoms with van der Waals surface area (Å²) < 4.78 is 1.16. The van der Waals surface area contributed by atoms with Crippen molar-refractivity contribution in [1.29, 1.82) is 0 Å². The van der Waals surface area contributed by atoms with Gasteiger partial charge in [-0.1, -0.05) is 26.0 Å². The third-order valence-electron chi connectivity index (χ3n) is 2.84. The quantitative estimate of drug-likeness (QED) is 0.869. The number of hydrogen-bond donors (Lipinski definition) is 1. The Bertz CT molecular complexity index is 365. The molecule has 1 fully saturated rings. The Morgan fingerprint density at radius 2 is 2.12 bits per heavy atom. The summed E-state index contributed by atoms with van der Waals surface area (Å²) in [5.74, 6) is 2.49. The van der Waals surface area contributed by atoms with E-state index in [1.54, 1.807) is 0 Å². The molecule has 0 aromatic heterocycles. The molecule has 1 nitrogen and oxygen atoms in total.